The Labute approximate surface area is 92.4 Å². The molecule has 2 N–H and O–H groups in total. The fourth-order valence-corrected chi connectivity index (χ4v) is 1.65. The van der Waals surface area contributed by atoms with Crippen molar-refractivity contribution in [2.45, 2.75) is 38.8 Å². The molecular formula is C11H23N3O. The van der Waals surface area contributed by atoms with Crippen LogP contribution in [0, 0.1) is 0 Å². The van der Waals surface area contributed by atoms with E-state index in [9.17, 15) is 4.79 Å². The zero-order chi connectivity index (χ0) is 11.3. The van der Waals surface area contributed by atoms with Crippen LogP contribution in [0.3, 0.4) is 0 Å². The molecule has 0 aromatic rings. The van der Waals surface area contributed by atoms with Crippen molar-refractivity contribution < 1.29 is 4.79 Å². The van der Waals surface area contributed by atoms with Crippen LogP contribution >= 0.6 is 0 Å². The van der Waals surface area contributed by atoms with Crippen LogP contribution in [0.1, 0.15) is 26.7 Å². The first-order chi connectivity index (χ1) is 7.11. The van der Waals surface area contributed by atoms with Crippen molar-refractivity contribution in [3.05, 3.63) is 0 Å². The van der Waals surface area contributed by atoms with E-state index in [1.54, 1.807) is 0 Å². The van der Waals surface area contributed by atoms with Gasteiger partial charge in [0.15, 0.2) is 0 Å². The van der Waals surface area contributed by atoms with Gasteiger partial charge in [-0.05, 0) is 40.3 Å². The lowest BCUT2D eigenvalue weighted by atomic mass is 10.2. The molecule has 0 bridgehead atoms. The summed E-state index contributed by atoms with van der Waals surface area (Å²) in [5.41, 5.74) is 0. The lowest BCUT2D eigenvalue weighted by molar-refractivity contribution is -0.122. The van der Waals surface area contributed by atoms with Gasteiger partial charge in [-0.2, -0.15) is 0 Å². The molecule has 4 heteroatoms. The van der Waals surface area contributed by atoms with E-state index in [0.717, 1.165) is 32.5 Å². The Bertz CT molecular complexity index is 200. The molecule has 1 aliphatic rings. The fraction of sp³-hybridized carbons (Fsp3) is 0.909. The van der Waals surface area contributed by atoms with E-state index in [1.807, 2.05) is 0 Å². The number of hydrogen-bond donors (Lipinski definition) is 2. The minimum Gasteiger partial charge on any atom is -0.353 e. The maximum Gasteiger partial charge on any atom is 0.237 e. The highest BCUT2D eigenvalue weighted by Gasteiger charge is 2.21. The van der Waals surface area contributed by atoms with Crippen molar-refractivity contribution in [1.29, 1.82) is 0 Å². The van der Waals surface area contributed by atoms with Crippen LogP contribution in [0.5, 0.6) is 0 Å². The summed E-state index contributed by atoms with van der Waals surface area (Å²) >= 11 is 0. The second-order valence-corrected chi connectivity index (χ2v) is 4.51. The molecule has 4 nitrogen and oxygen atoms in total. The van der Waals surface area contributed by atoms with E-state index >= 15 is 0 Å². The van der Waals surface area contributed by atoms with Crippen molar-refractivity contribution in [3.8, 4) is 0 Å². The Morgan fingerprint density at radius 1 is 1.60 bits per heavy atom. The smallest absolute Gasteiger partial charge is 0.237 e. The highest BCUT2D eigenvalue weighted by atomic mass is 16.2. The predicted molar refractivity (Wildman–Crippen MR) is 61.8 cm³/mol. The van der Waals surface area contributed by atoms with Gasteiger partial charge in [-0.1, -0.05) is 0 Å². The number of carbonyl (C=O) groups is 1. The van der Waals surface area contributed by atoms with Crippen LogP contribution in [0.25, 0.3) is 0 Å². The average molecular weight is 213 g/mol. The predicted octanol–water partition coefficient (Wildman–Crippen LogP) is 0.195. The van der Waals surface area contributed by atoms with Gasteiger partial charge < -0.3 is 15.5 Å². The number of nitrogens with one attached hydrogen (secondary N) is 2. The number of likely N-dealkylation sites (N-methyl/N-ethyl adjacent to an activating group) is 1. The Hall–Kier alpha value is -0.610. The van der Waals surface area contributed by atoms with E-state index in [0.29, 0.717) is 6.04 Å². The number of rotatable bonds is 5. The van der Waals surface area contributed by atoms with Crippen LogP contribution in [0.15, 0.2) is 0 Å². The molecule has 0 spiro atoms. The Morgan fingerprint density at radius 3 is 2.87 bits per heavy atom. The first-order valence-electron chi connectivity index (χ1n) is 5.82. The minimum atomic E-state index is 0.0503. The topological polar surface area (TPSA) is 44.4 Å². The van der Waals surface area contributed by atoms with Gasteiger partial charge in [-0.15, -0.1) is 0 Å². The molecule has 1 rings (SSSR count). The zero-order valence-electron chi connectivity index (χ0n) is 10.0. The second-order valence-electron chi connectivity index (χ2n) is 4.51. The monoisotopic (exact) mass is 213 g/mol. The third kappa shape index (κ3) is 4.18. The third-order valence-corrected chi connectivity index (χ3v) is 3.02. The number of nitrogens with zero attached hydrogens (tertiary/aromatic N) is 1. The van der Waals surface area contributed by atoms with Crippen molar-refractivity contribution in [1.82, 2.24) is 15.5 Å². The van der Waals surface area contributed by atoms with E-state index in [2.05, 4.69) is 36.4 Å². The first-order valence-corrected chi connectivity index (χ1v) is 5.82. The third-order valence-electron chi connectivity index (χ3n) is 3.02. The van der Waals surface area contributed by atoms with E-state index in [4.69, 9.17) is 0 Å². The summed E-state index contributed by atoms with van der Waals surface area (Å²) in [6, 6.07) is 0.584. The highest BCUT2D eigenvalue weighted by Crippen LogP contribution is 2.04. The molecule has 1 amide bonds. The van der Waals surface area contributed by atoms with Crippen molar-refractivity contribution >= 4 is 5.91 Å². The van der Waals surface area contributed by atoms with E-state index in [-0.39, 0.29) is 11.9 Å². The summed E-state index contributed by atoms with van der Waals surface area (Å²) in [6.07, 6.45) is 2.09. The van der Waals surface area contributed by atoms with Gasteiger partial charge >= 0.3 is 0 Å². The summed E-state index contributed by atoms with van der Waals surface area (Å²) in [7, 11) is 2.07. The fourth-order valence-electron chi connectivity index (χ4n) is 1.65. The summed E-state index contributed by atoms with van der Waals surface area (Å²) in [4.78, 5) is 13.8. The molecular weight excluding hydrogens is 190 g/mol. The van der Waals surface area contributed by atoms with Crippen molar-refractivity contribution in [2.24, 2.45) is 0 Å². The molecule has 0 saturated carbocycles. The number of hydrogen-bond acceptors (Lipinski definition) is 3. The molecule has 1 unspecified atom stereocenters. The van der Waals surface area contributed by atoms with E-state index in [1.165, 1.54) is 0 Å². The van der Waals surface area contributed by atoms with Crippen LogP contribution in [-0.4, -0.2) is 49.6 Å². The second kappa shape index (κ2) is 6.08. The molecule has 88 valence electrons. The van der Waals surface area contributed by atoms with Gasteiger partial charge in [0.25, 0.3) is 0 Å². The normalized spacial score (nSPS) is 21.3. The largest absolute Gasteiger partial charge is 0.353 e. The van der Waals surface area contributed by atoms with Gasteiger partial charge in [-0.25, -0.2) is 0 Å². The SMILES string of the molecule is CC(C)N(C)CCNC(=O)C1CCCN1. The van der Waals surface area contributed by atoms with Crippen LogP contribution in [-0.2, 0) is 4.79 Å². The molecule has 0 radical (unpaired) electrons. The maximum atomic E-state index is 11.6. The quantitative estimate of drug-likeness (QED) is 0.685. The Morgan fingerprint density at radius 2 is 2.33 bits per heavy atom. The van der Waals surface area contributed by atoms with Gasteiger partial charge in [0.2, 0.25) is 5.91 Å². The van der Waals surface area contributed by atoms with Gasteiger partial charge in [0.1, 0.15) is 0 Å². The summed E-state index contributed by atoms with van der Waals surface area (Å²) in [6.45, 7) is 6.94. The lowest BCUT2D eigenvalue weighted by Gasteiger charge is -2.21. The van der Waals surface area contributed by atoms with Gasteiger partial charge in [0, 0.05) is 19.1 Å². The van der Waals surface area contributed by atoms with E-state index < -0.39 is 0 Å². The van der Waals surface area contributed by atoms with Crippen LogP contribution < -0.4 is 10.6 Å². The molecule has 1 fully saturated rings. The highest BCUT2D eigenvalue weighted by molar-refractivity contribution is 5.81. The number of carbonyl (C=O) groups excluding carboxylic acids is 1. The Kier molecular flexibility index (Phi) is 5.05. The van der Waals surface area contributed by atoms with Crippen LogP contribution in [0.4, 0.5) is 0 Å². The summed E-state index contributed by atoms with van der Waals surface area (Å²) in [5.74, 6) is 0.157. The standard InChI is InChI=1S/C11H23N3O/c1-9(2)14(3)8-7-13-11(15)10-5-4-6-12-10/h9-10,12H,4-8H2,1-3H3,(H,13,15). The van der Waals surface area contributed by atoms with Crippen molar-refractivity contribution in [2.75, 3.05) is 26.7 Å². The maximum absolute atomic E-state index is 11.6. The number of amides is 1. The molecule has 15 heavy (non-hydrogen) atoms. The van der Waals surface area contributed by atoms with Crippen LogP contribution in [0.2, 0.25) is 0 Å². The Balaban J connectivity index is 2.11. The lowest BCUT2D eigenvalue weighted by Crippen LogP contribution is -2.43. The average Bonchev–Trinajstić information content (AvgIpc) is 2.70. The minimum absolute atomic E-state index is 0.0503. The molecule has 0 aromatic heterocycles. The molecule has 1 heterocycles. The van der Waals surface area contributed by atoms with Crippen molar-refractivity contribution in [3.63, 3.8) is 0 Å². The molecule has 1 saturated heterocycles. The molecule has 1 atom stereocenters. The zero-order valence-corrected chi connectivity index (χ0v) is 10.0. The van der Waals surface area contributed by atoms with Gasteiger partial charge in [-0.3, -0.25) is 4.79 Å². The molecule has 1 aliphatic heterocycles. The first kappa shape index (κ1) is 12.5. The van der Waals surface area contributed by atoms with Gasteiger partial charge in [0.05, 0.1) is 6.04 Å². The summed E-state index contributed by atoms with van der Waals surface area (Å²) < 4.78 is 0. The molecule has 0 aliphatic carbocycles. The summed E-state index contributed by atoms with van der Waals surface area (Å²) in [5, 5.41) is 6.16. The molecule has 0 aromatic carbocycles.